The number of nitrogens with one attached hydrogen (secondary N) is 2. The molecule has 0 saturated heterocycles. The third kappa shape index (κ3) is 3.33. The lowest BCUT2D eigenvalue weighted by Gasteiger charge is -2.30. The molecule has 19 heavy (non-hydrogen) atoms. The van der Waals surface area contributed by atoms with Crippen LogP contribution >= 0.6 is 0 Å². The summed E-state index contributed by atoms with van der Waals surface area (Å²) in [6.07, 6.45) is 1.04. The first-order valence-corrected chi connectivity index (χ1v) is 6.99. The molecule has 1 amide bonds. The molecule has 1 aromatic rings. The van der Waals surface area contributed by atoms with E-state index in [0.29, 0.717) is 12.6 Å². The molecule has 0 saturated carbocycles. The fourth-order valence-corrected chi connectivity index (χ4v) is 2.72. The van der Waals surface area contributed by atoms with Crippen LogP contribution in [0.1, 0.15) is 30.5 Å². The number of amides is 1. The van der Waals surface area contributed by atoms with Gasteiger partial charge < -0.3 is 10.6 Å². The zero-order chi connectivity index (χ0) is 13.7. The Balaban J connectivity index is 2.24. The van der Waals surface area contributed by atoms with Gasteiger partial charge in [0.2, 0.25) is 5.91 Å². The highest BCUT2D eigenvalue weighted by Gasteiger charge is 2.24. The van der Waals surface area contributed by atoms with Crippen LogP contribution in [0.25, 0.3) is 0 Å². The van der Waals surface area contributed by atoms with E-state index < -0.39 is 0 Å². The lowest BCUT2D eigenvalue weighted by Crippen LogP contribution is -2.38. The maximum Gasteiger partial charge on any atom is 0.233 e. The van der Waals surface area contributed by atoms with Crippen LogP contribution in [0.4, 0.5) is 0 Å². The number of nitrogens with zero attached hydrogens (tertiary/aromatic N) is 1. The summed E-state index contributed by atoms with van der Waals surface area (Å²) in [6.45, 7) is 5.37. The topological polar surface area (TPSA) is 44.4 Å². The number of rotatable bonds is 4. The largest absolute Gasteiger partial charge is 0.358 e. The van der Waals surface area contributed by atoms with Gasteiger partial charge in [0.1, 0.15) is 0 Å². The van der Waals surface area contributed by atoms with Crippen molar-refractivity contribution in [3.8, 4) is 0 Å². The van der Waals surface area contributed by atoms with Crippen molar-refractivity contribution >= 4 is 5.91 Å². The Labute approximate surface area is 115 Å². The molecule has 0 fully saturated rings. The average Bonchev–Trinajstić information content (AvgIpc) is 2.67. The van der Waals surface area contributed by atoms with E-state index in [1.54, 1.807) is 7.05 Å². The van der Waals surface area contributed by atoms with Gasteiger partial charge in [0.05, 0.1) is 6.54 Å². The molecule has 0 aromatic heterocycles. The Hall–Kier alpha value is -1.39. The van der Waals surface area contributed by atoms with Crippen LogP contribution in [0.2, 0.25) is 0 Å². The first kappa shape index (κ1) is 14.0. The molecule has 0 radical (unpaired) electrons. The molecule has 1 aliphatic rings. The molecule has 4 nitrogen and oxygen atoms in total. The summed E-state index contributed by atoms with van der Waals surface area (Å²) in [5, 5.41) is 6.16. The SMILES string of the molecule is CCN(CC(=O)NC)C1CCNCc2ccccc21. The molecule has 0 bridgehead atoms. The lowest BCUT2D eigenvalue weighted by atomic mass is 9.98. The molecule has 1 unspecified atom stereocenters. The highest BCUT2D eigenvalue weighted by Crippen LogP contribution is 2.28. The van der Waals surface area contributed by atoms with Crippen molar-refractivity contribution in [3.05, 3.63) is 35.4 Å². The number of fused-ring (bicyclic) bond motifs is 1. The normalized spacial score (nSPS) is 18.8. The van der Waals surface area contributed by atoms with E-state index in [4.69, 9.17) is 0 Å². The second kappa shape index (κ2) is 6.68. The van der Waals surface area contributed by atoms with Gasteiger partial charge in [0, 0.05) is 19.6 Å². The number of benzene rings is 1. The van der Waals surface area contributed by atoms with Crippen LogP contribution in [-0.2, 0) is 11.3 Å². The fourth-order valence-electron chi connectivity index (χ4n) is 2.72. The zero-order valence-electron chi connectivity index (χ0n) is 11.8. The van der Waals surface area contributed by atoms with Gasteiger partial charge in [-0.15, -0.1) is 0 Å². The standard InChI is InChI=1S/C15H23N3O/c1-3-18(11-15(19)16-2)14-8-9-17-10-12-6-4-5-7-13(12)14/h4-7,14,17H,3,8-11H2,1-2H3,(H,16,19). The Morgan fingerprint density at radius 1 is 1.47 bits per heavy atom. The first-order valence-electron chi connectivity index (χ1n) is 6.99. The Morgan fingerprint density at radius 3 is 3.00 bits per heavy atom. The third-order valence-electron chi connectivity index (χ3n) is 3.80. The van der Waals surface area contributed by atoms with Crippen LogP contribution in [0.15, 0.2) is 24.3 Å². The minimum Gasteiger partial charge on any atom is -0.358 e. The minimum absolute atomic E-state index is 0.0801. The number of carbonyl (C=O) groups is 1. The van der Waals surface area contributed by atoms with Crippen LogP contribution in [0.5, 0.6) is 0 Å². The monoisotopic (exact) mass is 261 g/mol. The van der Waals surface area contributed by atoms with Gasteiger partial charge in [-0.1, -0.05) is 31.2 Å². The summed E-state index contributed by atoms with van der Waals surface area (Å²) in [7, 11) is 1.69. The quantitative estimate of drug-likeness (QED) is 0.858. The summed E-state index contributed by atoms with van der Waals surface area (Å²) in [4.78, 5) is 13.9. The van der Waals surface area contributed by atoms with Crippen molar-refractivity contribution < 1.29 is 4.79 Å². The molecule has 1 heterocycles. The van der Waals surface area contributed by atoms with E-state index in [9.17, 15) is 4.79 Å². The fraction of sp³-hybridized carbons (Fsp3) is 0.533. The highest BCUT2D eigenvalue weighted by atomic mass is 16.1. The second-order valence-electron chi connectivity index (χ2n) is 4.92. The molecule has 1 aromatic carbocycles. The van der Waals surface area contributed by atoms with Crippen molar-refractivity contribution in [2.75, 3.05) is 26.7 Å². The molecule has 0 spiro atoms. The van der Waals surface area contributed by atoms with Gasteiger partial charge in [-0.05, 0) is 30.6 Å². The molecule has 2 N–H and O–H groups in total. The highest BCUT2D eigenvalue weighted by molar-refractivity contribution is 5.77. The molecule has 1 aliphatic heterocycles. The number of likely N-dealkylation sites (N-methyl/N-ethyl adjacent to an activating group) is 2. The molecule has 104 valence electrons. The van der Waals surface area contributed by atoms with E-state index in [1.165, 1.54) is 11.1 Å². The molecule has 0 aliphatic carbocycles. The molecule has 4 heteroatoms. The van der Waals surface area contributed by atoms with E-state index in [2.05, 4.69) is 46.7 Å². The number of hydrogen-bond acceptors (Lipinski definition) is 3. The summed E-state index contributed by atoms with van der Waals surface area (Å²) in [5.41, 5.74) is 2.71. The van der Waals surface area contributed by atoms with Crippen LogP contribution < -0.4 is 10.6 Å². The summed E-state index contributed by atoms with van der Waals surface area (Å²) in [6, 6.07) is 8.87. The summed E-state index contributed by atoms with van der Waals surface area (Å²) < 4.78 is 0. The van der Waals surface area contributed by atoms with E-state index in [-0.39, 0.29) is 5.91 Å². The molecular formula is C15H23N3O. The summed E-state index contributed by atoms with van der Waals surface area (Å²) in [5.74, 6) is 0.0801. The number of hydrogen-bond donors (Lipinski definition) is 2. The smallest absolute Gasteiger partial charge is 0.233 e. The summed E-state index contributed by atoms with van der Waals surface area (Å²) >= 11 is 0. The maximum atomic E-state index is 11.7. The Bertz CT molecular complexity index is 433. The minimum atomic E-state index is 0.0801. The molecule has 1 atom stereocenters. The van der Waals surface area contributed by atoms with Crippen molar-refractivity contribution in [3.63, 3.8) is 0 Å². The zero-order valence-corrected chi connectivity index (χ0v) is 11.8. The van der Waals surface area contributed by atoms with Crippen molar-refractivity contribution in [1.82, 2.24) is 15.5 Å². The van der Waals surface area contributed by atoms with E-state index in [1.807, 2.05) is 0 Å². The predicted octanol–water partition coefficient (Wildman–Crippen LogP) is 1.29. The predicted molar refractivity (Wildman–Crippen MR) is 76.8 cm³/mol. The van der Waals surface area contributed by atoms with Crippen LogP contribution in [0, 0.1) is 0 Å². The van der Waals surface area contributed by atoms with Crippen molar-refractivity contribution in [2.24, 2.45) is 0 Å². The van der Waals surface area contributed by atoms with Gasteiger partial charge in [-0.2, -0.15) is 0 Å². The second-order valence-corrected chi connectivity index (χ2v) is 4.92. The van der Waals surface area contributed by atoms with Crippen molar-refractivity contribution in [1.29, 1.82) is 0 Å². The third-order valence-corrected chi connectivity index (χ3v) is 3.80. The lowest BCUT2D eigenvalue weighted by molar-refractivity contribution is -0.122. The van der Waals surface area contributed by atoms with Gasteiger partial charge in [0.15, 0.2) is 0 Å². The van der Waals surface area contributed by atoms with Gasteiger partial charge >= 0.3 is 0 Å². The van der Waals surface area contributed by atoms with E-state index >= 15 is 0 Å². The van der Waals surface area contributed by atoms with E-state index in [0.717, 1.165) is 26.1 Å². The van der Waals surface area contributed by atoms with Gasteiger partial charge in [-0.3, -0.25) is 9.69 Å². The van der Waals surface area contributed by atoms with Gasteiger partial charge in [0.25, 0.3) is 0 Å². The maximum absolute atomic E-state index is 11.7. The van der Waals surface area contributed by atoms with Gasteiger partial charge in [-0.25, -0.2) is 0 Å². The average molecular weight is 261 g/mol. The number of carbonyl (C=O) groups excluding carboxylic acids is 1. The van der Waals surface area contributed by atoms with Crippen LogP contribution in [0.3, 0.4) is 0 Å². The Morgan fingerprint density at radius 2 is 2.26 bits per heavy atom. The molecule has 2 rings (SSSR count). The first-order chi connectivity index (χ1) is 9.26. The molecular weight excluding hydrogens is 238 g/mol. The van der Waals surface area contributed by atoms with Crippen LogP contribution in [-0.4, -0.2) is 37.5 Å². The Kier molecular flexibility index (Phi) is 4.93. The van der Waals surface area contributed by atoms with Crippen molar-refractivity contribution in [2.45, 2.75) is 25.9 Å².